The summed E-state index contributed by atoms with van der Waals surface area (Å²) in [5.41, 5.74) is 0.877. The van der Waals surface area contributed by atoms with Gasteiger partial charge in [-0.05, 0) is 64.8 Å². The second-order valence-electron chi connectivity index (χ2n) is 9.46. The Balaban J connectivity index is 1.14. The lowest BCUT2D eigenvalue weighted by Gasteiger charge is -2.30. The Hall–Kier alpha value is -1.79. The minimum Gasteiger partial charge on any atom is -0.457 e. The van der Waals surface area contributed by atoms with Crippen molar-refractivity contribution in [3.05, 3.63) is 20.6 Å². The van der Waals surface area contributed by atoms with Crippen LogP contribution in [0.25, 0.3) is 0 Å². The van der Waals surface area contributed by atoms with Crippen molar-refractivity contribution in [3.63, 3.8) is 0 Å². The van der Waals surface area contributed by atoms with Gasteiger partial charge in [-0.3, -0.25) is 4.79 Å². The lowest BCUT2D eigenvalue weighted by atomic mass is 9.84. The fraction of sp³-hybridized carbons (Fsp3) is 0.739. The fourth-order valence-electron chi connectivity index (χ4n) is 4.66. The van der Waals surface area contributed by atoms with Crippen LogP contribution in [-0.2, 0) is 24.1 Å². The Morgan fingerprint density at radius 3 is 2.60 bits per heavy atom. The standard InChI is InChI=1S/C23H32F3N5O2S2/c1-14(23(24,25)26)33-22-28-18-8-11-31(12-9-19(18)35-22)10-7-16-3-5-17(6-4-16)27-20(32)13-21-30-29-15(2)34-21/h14,16-17H,3-13H2,1-2H3,(H,27,32). The number of hydrogen-bond donors (Lipinski definition) is 1. The van der Waals surface area contributed by atoms with E-state index >= 15 is 0 Å². The van der Waals surface area contributed by atoms with E-state index in [-0.39, 0.29) is 17.1 Å². The van der Waals surface area contributed by atoms with Crippen LogP contribution in [0, 0.1) is 12.8 Å². The summed E-state index contributed by atoms with van der Waals surface area (Å²) in [6.45, 7) is 5.66. The van der Waals surface area contributed by atoms with Crippen LogP contribution in [0.15, 0.2) is 0 Å². The largest absolute Gasteiger partial charge is 0.457 e. The van der Waals surface area contributed by atoms with Crippen molar-refractivity contribution in [2.45, 2.75) is 83.5 Å². The van der Waals surface area contributed by atoms with Crippen LogP contribution in [0.3, 0.4) is 0 Å². The Morgan fingerprint density at radius 2 is 1.91 bits per heavy atom. The molecule has 1 amide bonds. The quantitative estimate of drug-likeness (QED) is 0.546. The van der Waals surface area contributed by atoms with Gasteiger partial charge in [0.1, 0.15) is 10.0 Å². The number of ether oxygens (including phenoxy) is 1. The highest BCUT2D eigenvalue weighted by atomic mass is 32.1. The first-order chi connectivity index (χ1) is 16.7. The average Bonchev–Trinajstić information content (AvgIpc) is 3.33. The molecule has 2 aromatic heterocycles. The van der Waals surface area contributed by atoms with Gasteiger partial charge in [0.25, 0.3) is 5.19 Å². The molecule has 1 aliphatic carbocycles. The number of hydrogen-bond acceptors (Lipinski definition) is 8. The number of nitrogens with zero attached hydrogens (tertiary/aromatic N) is 4. The van der Waals surface area contributed by atoms with Crippen LogP contribution in [0.2, 0.25) is 0 Å². The maximum absolute atomic E-state index is 12.8. The van der Waals surface area contributed by atoms with Crippen molar-refractivity contribution in [2.75, 3.05) is 19.6 Å². The molecule has 1 N–H and O–H groups in total. The third kappa shape index (κ3) is 7.60. The Morgan fingerprint density at radius 1 is 1.17 bits per heavy atom. The smallest absolute Gasteiger partial charge is 0.425 e. The van der Waals surface area contributed by atoms with E-state index in [0.717, 1.165) is 92.1 Å². The van der Waals surface area contributed by atoms with Gasteiger partial charge < -0.3 is 15.0 Å². The molecule has 7 nitrogen and oxygen atoms in total. The predicted octanol–water partition coefficient (Wildman–Crippen LogP) is 4.34. The van der Waals surface area contributed by atoms with Gasteiger partial charge in [-0.15, -0.1) is 21.5 Å². The first-order valence-corrected chi connectivity index (χ1v) is 13.8. The van der Waals surface area contributed by atoms with Crippen LogP contribution in [-0.4, -0.2) is 63.9 Å². The van der Waals surface area contributed by atoms with Crippen molar-refractivity contribution in [1.82, 2.24) is 25.4 Å². The maximum Gasteiger partial charge on any atom is 0.425 e. The number of nitrogens with one attached hydrogen (secondary N) is 1. The molecular formula is C23H32F3N5O2S2. The summed E-state index contributed by atoms with van der Waals surface area (Å²) in [6.07, 6.45) is 0.969. The number of fused-ring (bicyclic) bond motifs is 1. The summed E-state index contributed by atoms with van der Waals surface area (Å²) in [5, 5.41) is 12.9. The number of alkyl halides is 3. The molecule has 1 atom stereocenters. The summed E-state index contributed by atoms with van der Waals surface area (Å²) < 4.78 is 43.3. The minimum absolute atomic E-state index is 0.0247. The zero-order valence-electron chi connectivity index (χ0n) is 20.1. The summed E-state index contributed by atoms with van der Waals surface area (Å²) in [7, 11) is 0. The molecule has 2 aliphatic rings. The van der Waals surface area contributed by atoms with Gasteiger partial charge in [-0.25, -0.2) is 4.98 Å². The summed E-state index contributed by atoms with van der Waals surface area (Å²) in [5.74, 6) is 0.685. The zero-order chi connectivity index (χ0) is 25.0. The van der Waals surface area contributed by atoms with Gasteiger partial charge in [0.2, 0.25) is 5.91 Å². The van der Waals surface area contributed by atoms with Crippen molar-refractivity contribution < 1.29 is 22.7 Å². The highest BCUT2D eigenvalue weighted by Crippen LogP contribution is 2.32. The molecule has 12 heteroatoms. The molecule has 0 bridgehead atoms. The van der Waals surface area contributed by atoms with Crippen LogP contribution >= 0.6 is 22.7 Å². The van der Waals surface area contributed by atoms with Crippen LogP contribution in [0.4, 0.5) is 13.2 Å². The van der Waals surface area contributed by atoms with E-state index in [9.17, 15) is 18.0 Å². The van der Waals surface area contributed by atoms with E-state index in [4.69, 9.17) is 4.74 Å². The number of amides is 1. The summed E-state index contributed by atoms with van der Waals surface area (Å²) in [4.78, 5) is 20.1. The van der Waals surface area contributed by atoms with Gasteiger partial charge in [0, 0.05) is 30.4 Å². The molecule has 0 spiro atoms. The highest BCUT2D eigenvalue weighted by molar-refractivity contribution is 7.13. The third-order valence-corrected chi connectivity index (χ3v) is 8.65. The van der Waals surface area contributed by atoms with Crippen LogP contribution < -0.4 is 10.1 Å². The lowest BCUT2D eigenvalue weighted by molar-refractivity contribution is -0.189. The molecular weight excluding hydrogens is 499 g/mol. The van der Waals surface area contributed by atoms with E-state index < -0.39 is 12.3 Å². The van der Waals surface area contributed by atoms with Crippen molar-refractivity contribution in [3.8, 4) is 5.19 Å². The normalized spacial score (nSPS) is 22.3. The number of halogens is 3. The molecule has 0 radical (unpaired) electrons. The first kappa shape index (κ1) is 26.3. The van der Waals surface area contributed by atoms with E-state index in [2.05, 4.69) is 25.4 Å². The summed E-state index contributed by atoms with van der Waals surface area (Å²) >= 11 is 2.71. The Bertz CT molecular complexity index is 963. The van der Waals surface area contributed by atoms with Gasteiger partial charge in [-0.1, -0.05) is 11.3 Å². The number of carbonyl (C=O) groups excluding carboxylic acids is 1. The second kappa shape index (κ2) is 11.5. The molecule has 0 saturated heterocycles. The highest BCUT2D eigenvalue weighted by Gasteiger charge is 2.39. The SMILES string of the molecule is Cc1nnc(CC(=O)NC2CCC(CCN3CCc4nc(OC(C)C(F)(F)F)sc4CC3)CC2)s1. The second-order valence-corrected chi connectivity index (χ2v) is 11.8. The molecule has 1 fully saturated rings. The topological polar surface area (TPSA) is 80.2 Å². The molecule has 4 rings (SSSR count). The van der Waals surface area contributed by atoms with Gasteiger partial charge in [0.15, 0.2) is 6.10 Å². The molecule has 3 heterocycles. The number of aromatic nitrogens is 3. The number of rotatable bonds is 8. The van der Waals surface area contributed by atoms with E-state index in [1.54, 1.807) is 0 Å². The predicted molar refractivity (Wildman–Crippen MR) is 129 cm³/mol. The molecule has 194 valence electrons. The van der Waals surface area contributed by atoms with E-state index in [1.807, 2.05) is 6.92 Å². The molecule has 1 unspecified atom stereocenters. The average molecular weight is 532 g/mol. The van der Waals surface area contributed by atoms with E-state index in [1.165, 1.54) is 22.7 Å². The third-order valence-electron chi connectivity index (χ3n) is 6.76. The van der Waals surface area contributed by atoms with Gasteiger partial charge in [0.05, 0.1) is 12.1 Å². The number of aryl methyl sites for hydroxylation is 1. The molecule has 0 aromatic carbocycles. The molecule has 2 aromatic rings. The lowest BCUT2D eigenvalue weighted by Crippen LogP contribution is -2.39. The minimum atomic E-state index is -4.39. The van der Waals surface area contributed by atoms with Crippen molar-refractivity contribution in [1.29, 1.82) is 0 Å². The van der Waals surface area contributed by atoms with Gasteiger partial charge >= 0.3 is 6.18 Å². The first-order valence-electron chi connectivity index (χ1n) is 12.2. The molecule has 1 aliphatic heterocycles. The summed E-state index contributed by atoms with van der Waals surface area (Å²) in [6, 6.07) is 0.240. The monoisotopic (exact) mass is 531 g/mol. The van der Waals surface area contributed by atoms with Crippen molar-refractivity contribution in [2.24, 2.45) is 5.92 Å². The van der Waals surface area contributed by atoms with Crippen LogP contribution in [0.5, 0.6) is 5.19 Å². The van der Waals surface area contributed by atoms with Crippen molar-refractivity contribution >= 4 is 28.6 Å². The number of carbonyl (C=O) groups is 1. The number of thiazole rings is 1. The Labute approximate surface area is 211 Å². The maximum atomic E-state index is 12.8. The Kier molecular flexibility index (Phi) is 8.64. The molecule has 35 heavy (non-hydrogen) atoms. The van der Waals surface area contributed by atoms with E-state index in [0.29, 0.717) is 12.3 Å². The zero-order valence-corrected chi connectivity index (χ0v) is 21.7. The molecule has 1 saturated carbocycles. The van der Waals surface area contributed by atoms with Gasteiger partial charge in [-0.2, -0.15) is 13.2 Å². The fourth-order valence-corrected chi connectivity index (χ4v) is 6.39. The van der Waals surface area contributed by atoms with Crippen LogP contribution in [0.1, 0.15) is 59.6 Å².